The molecule has 1 N–H and O–H groups in total. The molecule has 0 amide bonds. The van der Waals surface area contributed by atoms with Crippen LogP contribution in [0.4, 0.5) is 0 Å². The van der Waals surface area contributed by atoms with Crippen molar-refractivity contribution in [2.24, 2.45) is 0 Å². The Bertz CT molecular complexity index is 739. The van der Waals surface area contributed by atoms with Crippen molar-refractivity contribution in [3.63, 3.8) is 0 Å². The van der Waals surface area contributed by atoms with Gasteiger partial charge in [0.05, 0.1) is 0 Å². The van der Waals surface area contributed by atoms with Gasteiger partial charge >= 0.3 is 0 Å². The molecule has 3 rings (SSSR count). The van der Waals surface area contributed by atoms with Gasteiger partial charge in [-0.2, -0.15) is 0 Å². The summed E-state index contributed by atoms with van der Waals surface area (Å²) in [6.07, 6.45) is 1.18. The maximum atomic E-state index is 12.3. The number of likely N-dealkylation sites (N-methyl/N-ethyl adjacent to an activating group) is 1. The smallest absolute Gasteiger partial charge is 0.252 e. The van der Waals surface area contributed by atoms with Crippen LogP contribution in [0.15, 0.2) is 29.1 Å². The van der Waals surface area contributed by atoms with Crippen LogP contribution in [0, 0.1) is 0 Å². The average molecular weight is 334 g/mol. The molecule has 5 heteroatoms. The van der Waals surface area contributed by atoms with Gasteiger partial charge in [-0.05, 0) is 43.1 Å². The van der Waals surface area contributed by atoms with Crippen molar-refractivity contribution >= 4 is 22.5 Å². The van der Waals surface area contributed by atoms with Crippen LogP contribution in [-0.4, -0.2) is 47.0 Å². The lowest BCUT2D eigenvalue weighted by atomic mass is 10.1. The lowest BCUT2D eigenvalue weighted by Crippen LogP contribution is -2.37. The van der Waals surface area contributed by atoms with Crippen LogP contribution in [0.25, 0.3) is 10.9 Å². The van der Waals surface area contributed by atoms with E-state index in [1.807, 2.05) is 18.2 Å². The summed E-state index contributed by atoms with van der Waals surface area (Å²) in [6, 6.07) is 8.23. The Morgan fingerprint density at radius 3 is 2.83 bits per heavy atom. The van der Waals surface area contributed by atoms with E-state index in [4.69, 9.17) is 11.6 Å². The number of hydrogen-bond acceptors (Lipinski definition) is 3. The van der Waals surface area contributed by atoms with Crippen LogP contribution in [0.5, 0.6) is 0 Å². The van der Waals surface area contributed by atoms with Crippen LogP contribution < -0.4 is 5.56 Å². The van der Waals surface area contributed by atoms with E-state index in [0.717, 1.165) is 42.6 Å². The highest BCUT2D eigenvalue weighted by Crippen LogP contribution is 2.20. The van der Waals surface area contributed by atoms with Crippen molar-refractivity contribution in [1.82, 2.24) is 14.8 Å². The van der Waals surface area contributed by atoms with Gasteiger partial charge in [-0.1, -0.05) is 31.5 Å². The maximum absolute atomic E-state index is 12.3. The molecule has 0 spiro atoms. The predicted molar refractivity (Wildman–Crippen MR) is 96.2 cm³/mol. The number of benzene rings is 1. The highest BCUT2D eigenvalue weighted by Gasteiger charge is 2.26. The van der Waals surface area contributed by atoms with Crippen molar-refractivity contribution < 1.29 is 0 Å². The molecule has 1 aromatic heterocycles. The van der Waals surface area contributed by atoms with E-state index in [0.29, 0.717) is 17.6 Å². The van der Waals surface area contributed by atoms with Crippen molar-refractivity contribution in [2.75, 3.05) is 26.2 Å². The molecular weight excluding hydrogens is 310 g/mol. The van der Waals surface area contributed by atoms with Gasteiger partial charge in [0.1, 0.15) is 0 Å². The van der Waals surface area contributed by atoms with Crippen molar-refractivity contribution in [2.45, 2.75) is 32.9 Å². The molecule has 0 saturated carbocycles. The van der Waals surface area contributed by atoms with E-state index in [-0.39, 0.29) is 5.56 Å². The number of H-pyrrole nitrogens is 1. The van der Waals surface area contributed by atoms with Crippen LogP contribution in [0.3, 0.4) is 0 Å². The zero-order valence-corrected chi connectivity index (χ0v) is 14.6. The van der Waals surface area contributed by atoms with Gasteiger partial charge in [0, 0.05) is 41.8 Å². The number of aromatic nitrogens is 1. The van der Waals surface area contributed by atoms with Gasteiger partial charge in [0.2, 0.25) is 0 Å². The topological polar surface area (TPSA) is 39.3 Å². The summed E-state index contributed by atoms with van der Waals surface area (Å²) < 4.78 is 0. The first-order valence-corrected chi connectivity index (χ1v) is 8.76. The van der Waals surface area contributed by atoms with Crippen LogP contribution in [0.2, 0.25) is 5.02 Å². The molecule has 23 heavy (non-hydrogen) atoms. The molecular formula is C18H24ClN3O. The Balaban J connectivity index is 1.76. The minimum Gasteiger partial charge on any atom is -0.322 e. The Labute approximate surface area is 142 Å². The summed E-state index contributed by atoms with van der Waals surface area (Å²) in [7, 11) is 0. The maximum Gasteiger partial charge on any atom is 0.252 e. The Morgan fingerprint density at radius 2 is 2.09 bits per heavy atom. The average Bonchev–Trinajstić information content (AvgIpc) is 2.98. The molecule has 1 fully saturated rings. The molecule has 0 bridgehead atoms. The van der Waals surface area contributed by atoms with Crippen LogP contribution in [0.1, 0.15) is 25.8 Å². The van der Waals surface area contributed by atoms with Crippen molar-refractivity contribution in [3.8, 4) is 0 Å². The third kappa shape index (κ3) is 3.60. The standard InChI is InChI=1S/C18H24ClN3O/c1-3-22(4-2)16-7-8-21(12-16)11-14-9-13-5-6-15(19)10-17(13)20-18(14)23/h5-6,9-10,16H,3-4,7-8,11-12H2,1-2H3,(H,20,23)/t16-/m0/s1. The molecule has 2 heterocycles. The number of rotatable bonds is 5. The summed E-state index contributed by atoms with van der Waals surface area (Å²) in [5, 5.41) is 1.67. The third-order valence-electron chi connectivity index (χ3n) is 4.86. The summed E-state index contributed by atoms with van der Waals surface area (Å²) >= 11 is 5.99. The summed E-state index contributed by atoms with van der Waals surface area (Å²) in [5.74, 6) is 0. The lowest BCUT2D eigenvalue weighted by molar-refractivity contribution is 0.209. The first-order valence-electron chi connectivity index (χ1n) is 8.38. The molecule has 4 nitrogen and oxygen atoms in total. The fourth-order valence-corrected chi connectivity index (χ4v) is 3.74. The first kappa shape index (κ1) is 16.5. The number of aromatic amines is 1. The largest absolute Gasteiger partial charge is 0.322 e. The number of fused-ring (bicyclic) bond motifs is 1. The van der Waals surface area contributed by atoms with E-state index in [2.05, 4.69) is 28.6 Å². The molecule has 1 aliphatic heterocycles. The van der Waals surface area contributed by atoms with Crippen molar-refractivity contribution in [1.29, 1.82) is 0 Å². The summed E-state index contributed by atoms with van der Waals surface area (Å²) in [6.45, 7) is 9.42. The number of nitrogens with one attached hydrogen (secondary N) is 1. The van der Waals surface area contributed by atoms with Gasteiger partial charge in [0.25, 0.3) is 5.56 Å². The zero-order chi connectivity index (χ0) is 16.4. The van der Waals surface area contributed by atoms with Crippen molar-refractivity contribution in [3.05, 3.63) is 45.2 Å². The van der Waals surface area contributed by atoms with Gasteiger partial charge in [-0.15, -0.1) is 0 Å². The van der Waals surface area contributed by atoms with E-state index >= 15 is 0 Å². The van der Waals surface area contributed by atoms with E-state index in [1.165, 1.54) is 6.42 Å². The number of hydrogen-bond donors (Lipinski definition) is 1. The fourth-order valence-electron chi connectivity index (χ4n) is 3.57. The second-order valence-electron chi connectivity index (χ2n) is 6.25. The van der Waals surface area contributed by atoms with Gasteiger partial charge in [0.15, 0.2) is 0 Å². The Kier molecular flexibility index (Phi) is 5.05. The monoisotopic (exact) mass is 333 g/mol. The molecule has 1 atom stereocenters. The predicted octanol–water partition coefficient (Wildman–Crippen LogP) is 3.10. The highest BCUT2D eigenvalue weighted by atomic mass is 35.5. The quantitative estimate of drug-likeness (QED) is 0.914. The summed E-state index contributed by atoms with van der Waals surface area (Å²) in [5.41, 5.74) is 1.62. The van der Waals surface area contributed by atoms with Gasteiger partial charge in [-0.3, -0.25) is 14.6 Å². The number of nitrogens with zero attached hydrogens (tertiary/aromatic N) is 2. The summed E-state index contributed by atoms with van der Waals surface area (Å²) in [4.78, 5) is 20.2. The minimum atomic E-state index is -0.00828. The third-order valence-corrected chi connectivity index (χ3v) is 5.09. The molecule has 1 aromatic carbocycles. The van der Waals surface area contributed by atoms with Crippen LogP contribution >= 0.6 is 11.6 Å². The van der Waals surface area contributed by atoms with E-state index in [9.17, 15) is 4.79 Å². The van der Waals surface area contributed by atoms with Crippen LogP contribution in [-0.2, 0) is 6.54 Å². The molecule has 1 saturated heterocycles. The molecule has 0 aliphatic carbocycles. The SMILES string of the molecule is CCN(CC)[C@H]1CCN(Cc2cc3ccc(Cl)cc3[nH]c2=O)C1. The second-order valence-corrected chi connectivity index (χ2v) is 6.69. The van der Waals surface area contributed by atoms with Gasteiger partial charge in [-0.25, -0.2) is 0 Å². The lowest BCUT2D eigenvalue weighted by Gasteiger charge is -2.26. The Morgan fingerprint density at radius 1 is 1.30 bits per heavy atom. The molecule has 124 valence electrons. The van der Waals surface area contributed by atoms with Gasteiger partial charge < -0.3 is 4.98 Å². The second kappa shape index (κ2) is 7.04. The van der Waals surface area contributed by atoms with E-state index in [1.54, 1.807) is 6.07 Å². The zero-order valence-electron chi connectivity index (χ0n) is 13.8. The Hall–Kier alpha value is -1.36. The van der Waals surface area contributed by atoms with E-state index < -0.39 is 0 Å². The molecule has 1 aliphatic rings. The number of pyridine rings is 1. The number of likely N-dealkylation sites (tertiary alicyclic amines) is 1. The fraction of sp³-hybridized carbons (Fsp3) is 0.500. The highest BCUT2D eigenvalue weighted by molar-refractivity contribution is 6.31. The molecule has 0 radical (unpaired) electrons. The first-order chi connectivity index (χ1) is 11.1. The molecule has 2 aromatic rings. The molecule has 0 unspecified atom stereocenters. The minimum absolute atomic E-state index is 0.00828. The normalized spacial score (nSPS) is 19.0. The number of halogens is 1.